The van der Waals surface area contributed by atoms with E-state index in [9.17, 15) is 13.2 Å². The molecule has 0 aliphatic carbocycles. The van der Waals surface area contributed by atoms with Crippen LogP contribution in [-0.4, -0.2) is 35.6 Å². The van der Waals surface area contributed by atoms with Crippen molar-refractivity contribution in [1.29, 1.82) is 0 Å². The Balaban J connectivity index is 1.29. The Labute approximate surface area is 191 Å². The number of rotatable bonds is 6. The number of hydrogen-bond donors (Lipinski definition) is 1. The molecule has 33 heavy (non-hydrogen) atoms. The summed E-state index contributed by atoms with van der Waals surface area (Å²) in [5.41, 5.74) is 3.77. The summed E-state index contributed by atoms with van der Waals surface area (Å²) in [6.45, 7) is 0.704. The van der Waals surface area contributed by atoms with Gasteiger partial charge in [-0.15, -0.1) is 0 Å². The number of sulfonamides is 1. The summed E-state index contributed by atoms with van der Waals surface area (Å²) in [4.78, 5) is 16.8. The lowest BCUT2D eigenvalue weighted by molar-refractivity contribution is 0.0950. The van der Waals surface area contributed by atoms with Crippen LogP contribution in [-0.2, 0) is 23.0 Å². The minimum absolute atomic E-state index is 0.101. The standard InChI is InChI=1S/C24H21N5O3S/c30-24(26-15-18-8-10-21(11-9-18)28-17-25-16-27-28)20-5-3-6-22(14-20)33(31,32)29-13-12-19-4-1-2-7-23(19)29/h1-11,14,16-17H,12-13,15H2,(H,26,30). The van der Waals surface area contributed by atoms with E-state index in [1.807, 2.05) is 48.5 Å². The molecule has 0 fully saturated rings. The van der Waals surface area contributed by atoms with Crippen molar-refractivity contribution in [2.24, 2.45) is 0 Å². The number of nitrogens with zero attached hydrogens (tertiary/aromatic N) is 4. The van der Waals surface area contributed by atoms with Crippen molar-refractivity contribution >= 4 is 21.6 Å². The van der Waals surface area contributed by atoms with Gasteiger partial charge in [-0.1, -0.05) is 36.4 Å². The van der Waals surface area contributed by atoms with E-state index in [2.05, 4.69) is 15.4 Å². The van der Waals surface area contributed by atoms with Crippen molar-refractivity contribution in [2.75, 3.05) is 10.8 Å². The normalized spacial score (nSPS) is 13.0. The van der Waals surface area contributed by atoms with E-state index in [1.54, 1.807) is 23.1 Å². The van der Waals surface area contributed by atoms with Crippen LogP contribution in [0.1, 0.15) is 21.5 Å². The highest BCUT2D eigenvalue weighted by Gasteiger charge is 2.30. The molecular weight excluding hydrogens is 438 g/mol. The number of fused-ring (bicyclic) bond motifs is 1. The average molecular weight is 460 g/mol. The van der Waals surface area contributed by atoms with Crippen LogP contribution < -0.4 is 9.62 Å². The van der Waals surface area contributed by atoms with Crippen molar-refractivity contribution in [3.8, 4) is 5.69 Å². The summed E-state index contributed by atoms with van der Waals surface area (Å²) in [7, 11) is -3.76. The minimum Gasteiger partial charge on any atom is -0.348 e. The first-order valence-electron chi connectivity index (χ1n) is 10.5. The van der Waals surface area contributed by atoms with Gasteiger partial charge >= 0.3 is 0 Å². The van der Waals surface area contributed by atoms with Crippen LogP contribution in [0.2, 0.25) is 0 Å². The number of anilines is 1. The van der Waals surface area contributed by atoms with Gasteiger partial charge in [-0.25, -0.2) is 18.1 Å². The fourth-order valence-corrected chi connectivity index (χ4v) is 5.42. The molecule has 1 aromatic heterocycles. The van der Waals surface area contributed by atoms with Gasteiger partial charge in [0.15, 0.2) is 0 Å². The van der Waals surface area contributed by atoms with Gasteiger partial charge in [0, 0.05) is 18.7 Å². The second-order valence-corrected chi connectivity index (χ2v) is 9.54. The number of carbonyl (C=O) groups is 1. The molecule has 0 bridgehead atoms. The number of amides is 1. The fraction of sp³-hybridized carbons (Fsp3) is 0.125. The molecule has 0 saturated heterocycles. The molecule has 4 aromatic rings. The molecule has 0 atom stereocenters. The Morgan fingerprint density at radius 3 is 2.61 bits per heavy atom. The number of benzene rings is 3. The van der Waals surface area contributed by atoms with Crippen molar-refractivity contribution in [3.05, 3.63) is 102 Å². The van der Waals surface area contributed by atoms with Crippen LogP contribution in [0.4, 0.5) is 5.69 Å². The Hall–Kier alpha value is -3.98. The minimum atomic E-state index is -3.76. The van der Waals surface area contributed by atoms with Crippen molar-refractivity contribution in [2.45, 2.75) is 17.9 Å². The summed E-state index contributed by atoms with van der Waals surface area (Å²) in [6, 6.07) is 21.2. The molecule has 0 saturated carbocycles. The van der Waals surface area contributed by atoms with E-state index >= 15 is 0 Å². The first kappa shape index (κ1) is 20.9. The molecule has 0 unspecified atom stereocenters. The second kappa shape index (κ2) is 8.51. The molecule has 3 aromatic carbocycles. The molecule has 8 nitrogen and oxygen atoms in total. The zero-order valence-electron chi connectivity index (χ0n) is 17.6. The van der Waals surface area contributed by atoms with Gasteiger partial charge in [0.2, 0.25) is 0 Å². The molecule has 2 heterocycles. The number of hydrogen-bond acceptors (Lipinski definition) is 5. The molecule has 166 valence electrons. The second-order valence-electron chi connectivity index (χ2n) is 7.67. The maximum atomic E-state index is 13.3. The Morgan fingerprint density at radius 2 is 1.82 bits per heavy atom. The largest absolute Gasteiger partial charge is 0.348 e. The van der Waals surface area contributed by atoms with Crippen LogP contribution in [0.3, 0.4) is 0 Å². The summed E-state index contributed by atoms with van der Waals surface area (Å²) < 4.78 is 29.6. The number of carbonyl (C=O) groups excluding carboxylic acids is 1. The molecular formula is C24H21N5O3S. The lowest BCUT2D eigenvalue weighted by Crippen LogP contribution is -2.29. The monoisotopic (exact) mass is 459 g/mol. The Morgan fingerprint density at radius 1 is 1.00 bits per heavy atom. The van der Waals surface area contributed by atoms with E-state index in [4.69, 9.17) is 0 Å². The molecule has 1 aliphatic heterocycles. The van der Waals surface area contributed by atoms with E-state index in [0.717, 1.165) is 16.8 Å². The zero-order chi connectivity index (χ0) is 22.8. The van der Waals surface area contributed by atoms with Crippen LogP contribution in [0, 0.1) is 0 Å². The summed E-state index contributed by atoms with van der Waals surface area (Å²) in [5.74, 6) is -0.339. The maximum absolute atomic E-state index is 13.3. The number of aromatic nitrogens is 3. The molecule has 5 rings (SSSR count). The Bertz CT molecular complexity index is 1400. The first-order chi connectivity index (χ1) is 16.0. The third kappa shape index (κ3) is 4.10. The predicted octanol–water partition coefficient (Wildman–Crippen LogP) is 2.95. The van der Waals surface area contributed by atoms with Gasteiger partial charge in [0.25, 0.3) is 15.9 Å². The molecule has 0 radical (unpaired) electrons. The smallest absolute Gasteiger partial charge is 0.264 e. The van der Waals surface area contributed by atoms with Gasteiger partial charge in [0.1, 0.15) is 12.7 Å². The third-order valence-corrected chi connectivity index (χ3v) is 7.41. The highest BCUT2D eigenvalue weighted by molar-refractivity contribution is 7.92. The van der Waals surface area contributed by atoms with E-state index in [0.29, 0.717) is 30.8 Å². The predicted molar refractivity (Wildman–Crippen MR) is 124 cm³/mol. The fourth-order valence-electron chi connectivity index (χ4n) is 3.88. The third-order valence-electron chi connectivity index (χ3n) is 5.60. The maximum Gasteiger partial charge on any atom is 0.264 e. The molecule has 1 aliphatic rings. The van der Waals surface area contributed by atoms with Crippen LogP contribution in [0.25, 0.3) is 5.69 Å². The molecule has 1 amide bonds. The van der Waals surface area contributed by atoms with Gasteiger partial charge in [-0.2, -0.15) is 5.10 Å². The van der Waals surface area contributed by atoms with Crippen molar-refractivity contribution in [3.63, 3.8) is 0 Å². The Kier molecular flexibility index (Phi) is 5.39. The van der Waals surface area contributed by atoms with Gasteiger partial charge in [0.05, 0.1) is 16.3 Å². The van der Waals surface area contributed by atoms with E-state index in [-0.39, 0.29) is 10.8 Å². The van der Waals surface area contributed by atoms with Crippen LogP contribution in [0.5, 0.6) is 0 Å². The van der Waals surface area contributed by atoms with E-state index in [1.165, 1.54) is 22.8 Å². The van der Waals surface area contributed by atoms with Gasteiger partial charge in [-0.05, 0) is 53.9 Å². The van der Waals surface area contributed by atoms with Crippen LogP contribution >= 0.6 is 0 Å². The van der Waals surface area contributed by atoms with Crippen molar-refractivity contribution < 1.29 is 13.2 Å². The topological polar surface area (TPSA) is 97.2 Å². The SMILES string of the molecule is O=C(NCc1ccc(-n2cncn2)cc1)c1cccc(S(=O)(=O)N2CCc3ccccc32)c1. The van der Waals surface area contributed by atoms with Crippen LogP contribution in [0.15, 0.2) is 90.3 Å². The average Bonchev–Trinajstić information content (AvgIpc) is 3.54. The summed E-state index contributed by atoms with van der Waals surface area (Å²) in [5, 5.41) is 6.93. The zero-order valence-corrected chi connectivity index (χ0v) is 18.4. The number of nitrogens with one attached hydrogen (secondary N) is 1. The molecule has 9 heteroatoms. The molecule has 1 N–H and O–H groups in total. The van der Waals surface area contributed by atoms with Crippen molar-refractivity contribution in [1.82, 2.24) is 20.1 Å². The first-order valence-corrected chi connectivity index (χ1v) is 11.9. The van der Waals surface area contributed by atoms with Gasteiger partial charge < -0.3 is 5.32 Å². The number of para-hydroxylation sites is 1. The lowest BCUT2D eigenvalue weighted by Gasteiger charge is -2.20. The highest BCUT2D eigenvalue weighted by Crippen LogP contribution is 2.32. The van der Waals surface area contributed by atoms with E-state index < -0.39 is 10.0 Å². The summed E-state index contributed by atoms with van der Waals surface area (Å²) in [6.07, 6.45) is 3.74. The lowest BCUT2D eigenvalue weighted by atomic mass is 10.2. The quantitative estimate of drug-likeness (QED) is 0.478. The summed E-state index contributed by atoms with van der Waals surface area (Å²) >= 11 is 0. The molecule has 0 spiro atoms. The van der Waals surface area contributed by atoms with Gasteiger partial charge in [-0.3, -0.25) is 9.10 Å². The highest BCUT2D eigenvalue weighted by atomic mass is 32.2.